The Hall–Kier alpha value is -0.520. The molecule has 1 fully saturated rings. The van der Waals surface area contributed by atoms with Gasteiger partial charge in [-0.15, -0.1) is 11.8 Å². The van der Waals surface area contributed by atoms with Crippen LogP contribution in [0.4, 0.5) is 0 Å². The summed E-state index contributed by atoms with van der Waals surface area (Å²) < 4.78 is 22.4. The van der Waals surface area contributed by atoms with Gasteiger partial charge in [-0.25, -0.2) is 8.42 Å². The Kier molecular flexibility index (Phi) is 5.52. The molecule has 0 saturated carbocycles. The van der Waals surface area contributed by atoms with Crippen LogP contribution in [0.3, 0.4) is 0 Å². The fourth-order valence-corrected chi connectivity index (χ4v) is 4.07. The van der Waals surface area contributed by atoms with Crippen molar-refractivity contribution < 1.29 is 8.42 Å². The van der Waals surface area contributed by atoms with Crippen LogP contribution in [-0.4, -0.2) is 50.2 Å². The molecule has 1 aromatic carbocycles. The molecule has 0 aliphatic carbocycles. The fraction of sp³-hybridized carbons (Fsp3) is 0.600. The van der Waals surface area contributed by atoms with Crippen LogP contribution in [0.2, 0.25) is 0 Å². The van der Waals surface area contributed by atoms with Crippen molar-refractivity contribution in [2.75, 3.05) is 31.6 Å². The SMILES string of the molecule is Cc1ccc(SC2CCN(CCS(C)(=O)=O)CC2)cc1. The Morgan fingerprint density at radius 1 is 1.20 bits per heavy atom. The summed E-state index contributed by atoms with van der Waals surface area (Å²) in [5.41, 5.74) is 1.30. The summed E-state index contributed by atoms with van der Waals surface area (Å²) in [5.74, 6) is 0.281. The van der Waals surface area contributed by atoms with Gasteiger partial charge in [-0.1, -0.05) is 17.7 Å². The second-order valence-corrected chi connectivity index (χ2v) is 9.24. The molecule has 3 nitrogen and oxygen atoms in total. The Labute approximate surface area is 126 Å². The van der Waals surface area contributed by atoms with Gasteiger partial charge in [0.2, 0.25) is 0 Å². The van der Waals surface area contributed by atoms with E-state index >= 15 is 0 Å². The highest BCUT2D eigenvalue weighted by Gasteiger charge is 2.20. The topological polar surface area (TPSA) is 37.4 Å². The Morgan fingerprint density at radius 2 is 1.80 bits per heavy atom. The molecule has 0 radical (unpaired) electrons. The predicted molar refractivity (Wildman–Crippen MR) is 86.2 cm³/mol. The number of thioether (sulfide) groups is 1. The first kappa shape index (κ1) is 15.9. The molecule has 1 aliphatic rings. The highest BCUT2D eigenvalue weighted by atomic mass is 32.2. The van der Waals surface area contributed by atoms with E-state index in [0.717, 1.165) is 25.9 Å². The van der Waals surface area contributed by atoms with E-state index in [4.69, 9.17) is 0 Å². The summed E-state index contributed by atoms with van der Waals surface area (Å²) in [5, 5.41) is 0.659. The first-order valence-corrected chi connectivity index (χ1v) is 10.00. The number of piperidine rings is 1. The average molecular weight is 313 g/mol. The lowest BCUT2D eigenvalue weighted by molar-refractivity contribution is 0.245. The zero-order valence-electron chi connectivity index (χ0n) is 12.2. The molecule has 0 N–H and O–H groups in total. The van der Waals surface area contributed by atoms with Gasteiger partial charge < -0.3 is 4.90 Å². The summed E-state index contributed by atoms with van der Waals surface area (Å²) in [7, 11) is -2.84. The van der Waals surface area contributed by atoms with Gasteiger partial charge in [0.15, 0.2) is 0 Å². The van der Waals surface area contributed by atoms with Crippen LogP contribution in [-0.2, 0) is 9.84 Å². The first-order valence-electron chi connectivity index (χ1n) is 7.06. The lowest BCUT2D eigenvalue weighted by Gasteiger charge is -2.31. The van der Waals surface area contributed by atoms with Gasteiger partial charge in [-0.3, -0.25) is 0 Å². The molecule has 1 aliphatic heterocycles. The van der Waals surface area contributed by atoms with E-state index in [1.807, 2.05) is 11.8 Å². The van der Waals surface area contributed by atoms with Crippen LogP contribution < -0.4 is 0 Å². The van der Waals surface area contributed by atoms with Gasteiger partial charge in [0.05, 0.1) is 5.75 Å². The molecular weight excluding hydrogens is 290 g/mol. The van der Waals surface area contributed by atoms with Crippen molar-refractivity contribution in [3.8, 4) is 0 Å². The number of benzene rings is 1. The van der Waals surface area contributed by atoms with Crippen molar-refractivity contribution >= 4 is 21.6 Å². The van der Waals surface area contributed by atoms with Gasteiger partial charge in [-0.2, -0.15) is 0 Å². The summed E-state index contributed by atoms with van der Waals surface area (Å²) in [6.45, 7) is 4.81. The molecular formula is C15H23NO2S2. The van der Waals surface area contributed by atoms with E-state index in [0.29, 0.717) is 11.8 Å². The average Bonchev–Trinajstić information content (AvgIpc) is 2.40. The molecule has 112 valence electrons. The zero-order valence-corrected chi connectivity index (χ0v) is 13.8. The van der Waals surface area contributed by atoms with E-state index in [2.05, 4.69) is 36.1 Å². The minimum absolute atomic E-state index is 0.281. The number of nitrogens with zero attached hydrogens (tertiary/aromatic N) is 1. The van der Waals surface area contributed by atoms with E-state index in [1.54, 1.807) is 0 Å². The van der Waals surface area contributed by atoms with E-state index in [9.17, 15) is 8.42 Å². The number of sulfone groups is 1. The smallest absolute Gasteiger partial charge is 0.148 e. The lowest BCUT2D eigenvalue weighted by Crippen LogP contribution is -2.37. The molecule has 1 aromatic rings. The predicted octanol–water partition coefficient (Wildman–Crippen LogP) is 2.60. The normalized spacial score (nSPS) is 18.3. The number of likely N-dealkylation sites (tertiary alicyclic amines) is 1. The van der Waals surface area contributed by atoms with Gasteiger partial charge in [0, 0.05) is 22.9 Å². The molecule has 0 aromatic heterocycles. The van der Waals surface area contributed by atoms with Gasteiger partial charge in [0.25, 0.3) is 0 Å². The van der Waals surface area contributed by atoms with E-state index in [1.165, 1.54) is 16.7 Å². The van der Waals surface area contributed by atoms with Crippen LogP contribution in [0.5, 0.6) is 0 Å². The zero-order chi connectivity index (χ0) is 14.6. The third-order valence-corrected chi connectivity index (χ3v) is 5.91. The molecule has 0 atom stereocenters. The Bertz CT molecular complexity index is 517. The maximum atomic E-state index is 11.2. The molecule has 0 amide bonds. The molecule has 1 saturated heterocycles. The van der Waals surface area contributed by atoms with Crippen molar-refractivity contribution in [1.82, 2.24) is 4.90 Å². The Morgan fingerprint density at radius 3 is 2.35 bits per heavy atom. The number of rotatable bonds is 5. The van der Waals surface area contributed by atoms with Crippen molar-refractivity contribution in [1.29, 1.82) is 0 Å². The molecule has 2 rings (SSSR count). The second kappa shape index (κ2) is 6.96. The lowest BCUT2D eigenvalue weighted by atomic mass is 10.1. The minimum Gasteiger partial charge on any atom is -0.302 e. The number of hydrogen-bond donors (Lipinski definition) is 0. The quantitative estimate of drug-likeness (QED) is 0.837. The van der Waals surface area contributed by atoms with Gasteiger partial charge in [-0.05, 0) is 45.0 Å². The molecule has 5 heteroatoms. The molecule has 1 heterocycles. The van der Waals surface area contributed by atoms with E-state index < -0.39 is 9.84 Å². The summed E-state index contributed by atoms with van der Waals surface area (Å²) in [6, 6.07) is 8.69. The van der Waals surface area contributed by atoms with Crippen LogP contribution in [0, 0.1) is 6.92 Å². The standard InChI is InChI=1S/C15H23NO2S2/c1-13-3-5-14(6-4-13)19-15-7-9-16(10-8-15)11-12-20(2,17)18/h3-6,15H,7-12H2,1-2H3. The third kappa shape index (κ3) is 5.46. The maximum Gasteiger partial charge on any atom is 0.148 e. The summed E-state index contributed by atoms with van der Waals surface area (Å²) >= 11 is 1.95. The molecule has 0 unspecified atom stereocenters. The Balaban J connectivity index is 1.75. The van der Waals surface area contributed by atoms with Crippen molar-refractivity contribution in [3.63, 3.8) is 0 Å². The highest BCUT2D eigenvalue weighted by molar-refractivity contribution is 8.00. The summed E-state index contributed by atoms with van der Waals surface area (Å²) in [4.78, 5) is 3.61. The summed E-state index contributed by atoms with van der Waals surface area (Å²) in [6.07, 6.45) is 3.59. The van der Waals surface area contributed by atoms with Crippen molar-refractivity contribution in [3.05, 3.63) is 29.8 Å². The fourth-order valence-electron chi connectivity index (χ4n) is 2.35. The van der Waals surface area contributed by atoms with Crippen molar-refractivity contribution in [2.24, 2.45) is 0 Å². The van der Waals surface area contributed by atoms with E-state index in [-0.39, 0.29) is 5.75 Å². The molecule has 0 spiro atoms. The second-order valence-electron chi connectivity index (χ2n) is 5.60. The van der Waals surface area contributed by atoms with Crippen LogP contribution in [0.25, 0.3) is 0 Å². The number of aryl methyl sites for hydroxylation is 1. The maximum absolute atomic E-state index is 11.2. The minimum atomic E-state index is -2.84. The van der Waals surface area contributed by atoms with Crippen molar-refractivity contribution in [2.45, 2.75) is 29.9 Å². The first-order chi connectivity index (χ1) is 9.42. The number of hydrogen-bond acceptors (Lipinski definition) is 4. The molecule has 0 bridgehead atoms. The highest BCUT2D eigenvalue weighted by Crippen LogP contribution is 2.30. The largest absolute Gasteiger partial charge is 0.302 e. The van der Waals surface area contributed by atoms with Gasteiger partial charge in [0.1, 0.15) is 9.84 Å². The molecule has 20 heavy (non-hydrogen) atoms. The monoisotopic (exact) mass is 313 g/mol. The van der Waals surface area contributed by atoms with Crippen LogP contribution >= 0.6 is 11.8 Å². The van der Waals surface area contributed by atoms with Crippen LogP contribution in [0.15, 0.2) is 29.2 Å². The third-order valence-electron chi connectivity index (χ3n) is 3.64. The van der Waals surface area contributed by atoms with Crippen LogP contribution in [0.1, 0.15) is 18.4 Å². The van der Waals surface area contributed by atoms with Gasteiger partial charge >= 0.3 is 0 Å².